The molecule has 0 amide bonds. The molecular formula is C14H22BrN3O. The summed E-state index contributed by atoms with van der Waals surface area (Å²) in [7, 11) is 0. The molecule has 3 N–H and O–H groups in total. The number of hydrogen-bond acceptors (Lipinski definition) is 4. The third-order valence-electron chi connectivity index (χ3n) is 4.21. The summed E-state index contributed by atoms with van der Waals surface area (Å²) in [5.74, 6) is 6.68. The summed E-state index contributed by atoms with van der Waals surface area (Å²) >= 11 is 3.45. The van der Waals surface area contributed by atoms with Gasteiger partial charge in [-0.3, -0.25) is 16.3 Å². The van der Waals surface area contributed by atoms with E-state index in [2.05, 4.69) is 53.2 Å². The fraction of sp³-hybridized carbons (Fsp3) is 0.643. The van der Waals surface area contributed by atoms with Crippen molar-refractivity contribution in [3.05, 3.63) is 28.5 Å². The number of aromatic nitrogens is 1. The monoisotopic (exact) mass is 327 g/mol. The molecule has 1 fully saturated rings. The minimum absolute atomic E-state index is 0.200. The van der Waals surface area contributed by atoms with Gasteiger partial charge in [0.05, 0.1) is 12.2 Å². The maximum absolute atomic E-state index is 5.91. The highest BCUT2D eigenvalue weighted by atomic mass is 79.9. The molecule has 0 aromatic carbocycles. The average Bonchev–Trinajstić information content (AvgIpc) is 2.61. The predicted molar refractivity (Wildman–Crippen MR) is 79.4 cm³/mol. The first-order chi connectivity index (χ1) is 9.02. The third kappa shape index (κ3) is 3.34. The molecule has 1 aliphatic rings. The smallest absolute Gasteiger partial charge is 0.0597 e. The number of nitrogens with two attached hydrogens (primary N) is 1. The molecule has 2 rings (SSSR count). The van der Waals surface area contributed by atoms with Crippen LogP contribution < -0.4 is 11.3 Å². The highest BCUT2D eigenvalue weighted by Gasteiger charge is 2.41. The van der Waals surface area contributed by atoms with E-state index in [1.54, 1.807) is 6.20 Å². The van der Waals surface area contributed by atoms with E-state index in [-0.39, 0.29) is 18.2 Å². The first-order valence-electron chi connectivity index (χ1n) is 6.74. The molecular weight excluding hydrogens is 306 g/mol. The molecule has 5 heteroatoms. The van der Waals surface area contributed by atoms with Crippen molar-refractivity contribution in [2.75, 3.05) is 0 Å². The van der Waals surface area contributed by atoms with Gasteiger partial charge in [0, 0.05) is 28.8 Å². The molecule has 0 saturated carbocycles. The van der Waals surface area contributed by atoms with Crippen molar-refractivity contribution in [2.45, 2.75) is 45.4 Å². The maximum Gasteiger partial charge on any atom is 0.0597 e. The summed E-state index contributed by atoms with van der Waals surface area (Å²) in [5.41, 5.74) is 4.15. The molecule has 0 aliphatic carbocycles. The summed E-state index contributed by atoms with van der Waals surface area (Å²) in [5, 5.41) is 0. The predicted octanol–water partition coefficient (Wildman–Crippen LogP) is 2.28. The lowest BCUT2D eigenvalue weighted by Gasteiger charge is -2.28. The number of rotatable bonds is 4. The highest BCUT2D eigenvalue weighted by Crippen LogP contribution is 2.35. The normalized spacial score (nSPS) is 32.5. The topological polar surface area (TPSA) is 60.2 Å². The molecule has 0 radical (unpaired) electrons. The van der Waals surface area contributed by atoms with Crippen LogP contribution >= 0.6 is 15.9 Å². The van der Waals surface area contributed by atoms with E-state index in [0.717, 1.165) is 10.9 Å². The van der Waals surface area contributed by atoms with Gasteiger partial charge < -0.3 is 4.74 Å². The molecule has 0 spiro atoms. The molecule has 0 bridgehead atoms. The van der Waals surface area contributed by atoms with E-state index in [9.17, 15) is 0 Å². The zero-order valence-corrected chi connectivity index (χ0v) is 13.2. The summed E-state index contributed by atoms with van der Waals surface area (Å²) in [6.45, 7) is 6.51. The number of pyridine rings is 1. The Morgan fingerprint density at radius 3 is 2.63 bits per heavy atom. The number of ether oxygens (including phenoxy) is 1. The van der Waals surface area contributed by atoms with E-state index in [1.165, 1.54) is 5.56 Å². The summed E-state index contributed by atoms with van der Waals surface area (Å²) in [4.78, 5) is 4.20. The van der Waals surface area contributed by atoms with Gasteiger partial charge >= 0.3 is 0 Å². The molecule has 5 unspecified atom stereocenters. The second-order valence-corrected chi connectivity index (χ2v) is 6.39. The number of halogens is 1. The van der Waals surface area contributed by atoms with Gasteiger partial charge in [-0.15, -0.1) is 0 Å². The molecule has 1 saturated heterocycles. The third-order valence-corrected chi connectivity index (χ3v) is 4.65. The van der Waals surface area contributed by atoms with Crippen LogP contribution in [0.25, 0.3) is 0 Å². The Morgan fingerprint density at radius 2 is 2.11 bits per heavy atom. The van der Waals surface area contributed by atoms with Crippen molar-refractivity contribution in [1.29, 1.82) is 0 Å². The van der Waals surface area contributed by atoms with Crippen LogP contribution in [0.3, 0.4) is 0 Å². The van der Waals surface area contributed by atoms with E-state index in [4.69, 9.17) is 10.6 Å². The van der Waals surface area contributed by atoms with Crippen LogP contribution in [0.2, 0.25) is 0 Å². The lowest BCUT2D eigenvalue weighted by Crippen LogP contribution is -2.46. The summed E-state index contributed by atoms with van der Waals surface area (Å²) in [6, 6.07) is 2.29. The standard InChI is InChI=1S/C14H22BrN3O/c1-8-9(2)19-10(3)14(8)13(18-16)5-11-4-12(15)7-17-6-11/h4,6-10,13-14,18H,5,16H2,1-3H3. The van der Waals surface area contributed by atoms with E-state index < -0.39 is 0 Å². The Balaban J connectivity index is 2.12. The van der Waals surface area contributed by atoms with Gasteiger partial charge in [0.25, 0.3) is 0 Å². The molecule has 1 aromatic rings. The fourth-order valence-electron chi connectivity index (χ4n) is 3.11. The van der Waals surface area contributed by atoms with E-state index >= 15 is 0 Å². The van der Waals surface area contributed by atoms with Crippen LogP contribution in [0.1, 0.15) is 26.3 Å². The van der Waals surface area contributed by atoms with Gasteiger partial charge in [-0.2, -0.15) is 0 Å². The van der Waals surface area contributed by atoms with Crippen LogP contribution in [0.15, 0.2) is 22.9 Å². The molecule has 19 heavy (non-hydrogen) atoms. The van der Waals surface area contributed by atoms with Gasteiger partial charge in [-0.25, -0.2) is 0 Å². The zero-order chi connectivity index (χ0) is 14.0. The van der Waals surface area contributed by atoms with Crippen molar-refractivity contribution >= 4 is 15.9 Å². The summed E-state index contributed by atoms with van der Waals surface area (Å²) in [6.07, 6.45) is 5.06. The second kappa shape index (κ2) is 6.31. The minimum Gasteiger partial charge on any atom is -0.375 e. The van der Waals surface area contributed by atoms with Gasteiger partial charge in [-0.05, 0) is 53.7 Å². The van der Waals surface area contributed by atoms with Crippen molar-refractivity contribution in [2.24, 2.45) is 17.7 Å². The van der Waals surface area contributed by atoms with Crippen molar-refractivity contribution in [3.63, 3.8) is 0 Å². The Hall–Kier alpha value is -0.490. The van der Waals surface area contributed by atoms with Crippen molar-refractivity contribution in [1.82, 2.24) is 10.4 Å². The molecule has 2 heterocycles. The first-order valence-corrected chi connectivity index (χ1v) is 7.53. The quantitative estimate of drug-likeness (QED) is 0.658. The van der Waals surface area contributed by atoms with Crippen LogP contribution in [-0.2, 0) is 11.2 Å². The summed E-state index contributed by atoms with van der Waals surface area (Å²) < 4.78 is 6.91. The SMILES string of the molecule is CC1OC(C)C(C(Cc2cncc(Br)c2)NN)C1C. The van der Waals surface area contributed by atoms with Gasteiger partial charge in [0.2, 0.25) is 0 Å². The average molecular weight is 328 g/mol. The number of hydrazine groups is 1. The molecule has 1 aromatic heterocycles. The van der Waals surface area contributed by atoms with Gasteiger partial charge in [0.1, 0.15) is 0 Å². The Labute approximate surface area is 123 Å². The molecule has 106 valence electrons. The second-order valence-electron chi connectivity index (χ2n) is 5.47. The van der Waals surface area contributed by atoms with Crippen LogP contribution in [-0.4, -0.2) is 23.2 Å². The molecule has 4 nitrogen and oxygen atoms in total. The number of hydrogen-bond donors (Lipinski definition) is 2. The Bertz CT molecular complexity index is 429. The van der Waals surface area contributed by atoms with Crippen molar-refractivity contribution in [3.8, 4) is 0 Å². The fourth-order valence-corrected chi connectivity index (χ4v) is 3.53. The van der Waals surface area contributed by atoms with E-state index in [0.29, 0.717) is 11.8 Å². The van der Waals surface area contributed by atoms with Crippen molar-refractivity contribution < 1.29 is 4.74 Å². The van der Waals surface area contributed by atoms with E-state index in [1.807, 2.05) is 6.20 Å². The van der Waals surface area contributed by atoms with Crippen LogP contribution in [0, 0.1) is 11.8 Å². The first kappa shape index (κ1) is 14.9. The Kier molecular flexibility index (Phi) is 4.95. The Morgan fingerprint density at radius 1 is 1.37 bits per heavy atom. The van der Waals surface area contributed by atoms with Gasteiger partial charge in [0.15, 0.2) is 0 Å². The van der Waals surface area contributed by atoms with Gasteiger partial charge in [-0.1, -0.05) is 6.92 Å². The lowest BCUT2D eigenvalue weighted by molar-refractivity contribution is 0.0476. The lowest BCUT2D eigenvalue weighted by atomic mass is 9.81. The highest BCUT2D eigenvalue weighted by molar-refractivity contribution is 9.10. The largest absolute Gasteiger partial charge is 0.375 e. The molecule has 1 aliphatic heterocycles. The minimum atomic E-state index is 0.200. The van der Waals surface area contributed by atoms with Crippen LogP contribution in [0.4, 0.5) is 0 Å². The number of nitrogens with one attached hydrogen (secondary N) is 1. The maximum atomic E-state index is 5.91. The number of nitrogens with zero attached hydrogens (tertiary/aromatic N) is 1. The molecule has 5 atom stereocenters. The van der Waals surface area contributed by atoms with Crippen LogP contribution in [0.5, 0.6) is 0 Å². The zero-order valence-electron chi connectivity index (χ0n) is 11.6.